The molecule has 0 radical (unpaired) electrons. The first-order valence-electron chi connectivity index (χ1n) is 6.97. The highest BCUT2D eigenvalue weighted by Crippen LogP contribution is 2.08. The zero-order valence-corrected chi connectivity index (χ0v) is 12.0. The maximum atomic E-state index is 13.4. The van der Waals surface area contributed by atoms with Crippen molar-refractivity contribution in [2.24, 2.45) is 0 Å². The summed E-state index contributed by atoms with van der Waals surface area (Å²) in [7, 11) is 0. The van der Waals surface area contributed by atoms with Gasteiger partial charge in [-0.25, -0.2) is 4.39 Å². The summed E-state index contributed by atoms with van der Waals surface area (Å²) in [6, 6.07) is 12.1. The van der Waals surface area contributed by atoms with E-state index in [4.69, 9.17) is 4.74 Å². The predicted molar refractivity (Wildman–Crippen MR) is 78.4 cm³/mol. The minimum Gasteiger partial charge on any atom is -0.465 e. The molecule has 0 N–H and O–H groups in total. The standard InChI is InChI=1S/C17H18FNO2/c1-13-6-4-8-15(19-13)9-5-11-21-17(20)12-14-7-2-3-10-16(14)18/h2-4,6-8,10H,5,9,11-12H2,1H3. The van der Waals surface area contributed by atoms with Gasteiger partial charge in [-0.2, -0.15) is 0 Å². The number of carbonyl (C=O) groups excluding carboxylic acids is 1. The summed E-state index contributed by atoms with van der Waals surface area (Å²) in [4.78, 5) is 16.0. The van der Waals surface area contributed by atoms with E-state index in [0.29, 0.717) is 18.6 Å². The average Bonchev–Trinajstić information content (AvgIpc) is 2.46. The number of aryl methyl sites for hydroxylation is 2. The van der Waals surface area contributed by atoms with Crippen molar-refractivity contribution in [2.45, 2.75) is 26.2 Å². The smallest absolute Gasteiger partial charge is 0.310 e. The molecule has 0 saturated carbocycles. The molecule has 1 aromatic heterocycles. The fraction of sp³-hybridized carbons (Fsp3) is 0.294. The molecule has 3 nitrogen and oxygen atoms in total. The summed E-state index contributed by atoms with van der Waals surface area (Å²) in [5.74, 6) is -0.782. The van der Waals surface area contributed by atoms with Crippen molar-refractivity contribution in [2.75, 3.05) is 6.61 Å². The number of hydrogen-bond acceptors (Lipinski definition) is 3. The van der Waals surface area contributed by atoms with Crippen molar-refractivity contribution < 1.29 is 13.9 Å². The first-order chi connectivity index (χ1) is 10.1. The highest BCUT2D eigenvalue weighted by Gasteiger charge is 2.08. The molecular weight excluding hydrogens is 269 g/mol. The molecule has 0 saturated heterocycles. The van der Waals surface area contributed by atoms with Crippen molar-refractivity contribution >= 4 is 5.97 Å². The van der Waals surface area contributed by atoms with Gasteiger partial charge in [0.1, 0.15) is 5.82 Å². The van der Waals surface area contributed by atoms with Crippen LogP contribution in [0, 0.1) is 12.7 Å². The number of pyridine rings is 1. The summed E-state index contributed by atoms with van der Waals surface area (Å²) in [6.45, 7) is 2.26. The molecular formula is C17H18FNO2. The van der Waals surface area contributed by atoms with Crippen LogP contribution in [0.1, 0.15) is 23.4 Å². The second kappa shape index (κ2) is 7.53. The van der Waals surface area contributed by atoms with Gasteiger partial charge in [0.15, 0.2) is 0 Å². The molecule has 21 heavy (non-hydrogen) atoms. The van der Waals surface area contributed by atoms with Crippen molar-refractivity contribution in [3.63, 3.8) is 0 Å². The number of ether oxygens (including phenoxy) is 1. The Morgan fingerprint density at radius 1 is 1.19 bits per heavy atom. The highest BCUT2D eigenvalue weighted by molar-refractivity contribution is 5.72. The van der Waals surface area contributed by atoms with Gasteiger partial charge in [-0.05, 0) is 43.5 Å². The van der Waals surface area contributed by atoms with E-state index in [-0.39, 0.29) is 12.2 Å². The van der Waals surface area contributed by atoms with Crippen LogP contribution >= 0.6 is 0 Å². The lowest BCUT2D eigenvalue weighted by atomic mass is 10.1. The molecule has 2 aromatic rings. The lowest BCUT2D eigenvalue weighted by Crippen LogP contribution is -2.10. The lowest BCUT2D eigenvalue weighted by Gasteiger charge is -2.06. The molecule has 0 bridgehead atoms. The van der Waals surface area contributed by atoms with Crippen LogP contribution in [0.5, 0.6) is 0 Å². The van der Waals surface area contributed by atoms with E-state index in [1.165, 1.54) is 6.07 Å². The van der Waals surface area contributed by atoms with Crippen LogP contribution in [0.25, 0.3) is 0 Å². The van der Waals surface area contributed by atoms with E-state index in [2.05, 4.69) is 4.98 Å². The zero-order chi connectivity index (χ0) is 15.1. The number of carbonyl (C=O) groups is 1. The number of rotatable bonds is 6. The van der Waals surface area contributed by atoms with Gasteiger partial charge in [-0.1, -0.05) is 24.3 Å². The molecule has 0 fully saturated rings. The molecule has 2 rings (SSSR count). The Bertz CT molecular complexity index is 613. The topological polar surface area (TPSA) is 39.2 Å². The third kappa shape index (κ3) is 4.99. The molecule has 1 aromatic carbocycles. The second-order valence-corrected chi connectivity index (χ2v) is 4.86. The van der Waals surface area contributed by atoms with Gasteiger partial charge in [-0.3, -0.25) is 9.78 Å². The van der Waals surface area contributed by atoms with Crippen LogP contribution in [0.2, 0.25) is 0 Å². The minimum absolute atomic E-state index is 0.0324. The normalized spacial score (nSPS) is 10.4. The molecule has 0 aliphatic carbocycles. The van der Waals surface area contributed by atoms with Gasteiger partial charge < -0.3 is 4.74 Å². The molecule has 0 spiro atoms. The van der Waals surface area contributed by atoms with Crippen molar-refractivity contribution in [3.05, 3.63) is 65.2 Å². The molecule has 0 atom stereocenters. The van der Waals surface area contributed by atoms with Gasteiger partial charge in [0, 0.05) is 11.4 Å². The third-order valence-electron chi connectivity index (χ3n) is 3.08. The number of aromatic nitrogens is 1. The van der Waals surface area contributed by atoms with Gasteiger partial charge in [0.25, 0.3) is 0 Å². The maximum Gasteiger partial charge on any atom is 0.310 e. The maximum absolute atomic E-state index is 13.4. The van der Waals surface area contributed by atoms with Gasteiger partial charge in [-0.15, -0.1) is 0 Å². The number of nitrogens with zero attached hydrogens (tertiary/aromatic N) is 1. The van der Waals surface area contributed by atoms with Gasteiger partial charge >= 0.3 is 5.97 Å². The molecule has 0 aliphatic heterocycles. The number of esters is 1. The first kappa shape index (κ1) is 15.2. The van der Waals surface area contributed by atoms with E-state index in [9.17, 15) is 9.18 Å². The molecule has 0 unspecified atom stereocenters. The summed E-state index contributed by atoms with van der Waals surface area (Å²) in [5.41, 5.74) is 2.33. The molecule has 1 heterocycles. The Morgan fingerprint density at radius 2 is 2.00 bits per heavy atom. The summed E-state index contributed by atoms with van der Waals surface area (Å²) >= 11 is 0. The van der Waals surface area contributed by atoms with Crippen LogP contribution in [-0.4, -0.2) is 17.6 Å². The number of halogens is 1. The van der Waals surface area contributed by atoms with Crippen LogP contribution in [0.4, 0.5) is 4.39 Å². The zero-order valence-electron chi connectivity index (χ0n) is 12.0. The largest absolute Gasteiger partial charge is 0.465 e. The van der Waals surface area contributed by atoms with E-state index in [1.54, 1.807) is 18.2 Å². The van der Waals surface area contributed by atoms with Crippen molar-refractivity contribution in [1.82, 2.24) is 4.98 Å². The van der Waals surface area contributed by atoms with Gasteiger partial charge in [0.05, 0.1) is 13.0 Å². The van der Waals surface area contributed by atoms with Crippen LogP contribution in [0.3, 0.4) is 0 Å². The minimum atomic E-state index is -0.405. The van der Waals surface area contributed by atoms with Crippen LogP contribution in [-0.2, 0) is 22.4 Å². The van der Waals surface area contributed by atoms with E-state index >= 15 is 0 Å². The quantitative estimate of drug-likeness (QED) is 0.605. The fourth-order valence-corrected chi connectivity index (χ4v) is 2.03. The van der Waals surface area contributed by atoms with Crippen molar-refractivity contribution in [3.8, 4) is 0 Å². The Kier molecular flexibility index (Phi) is 5.43. The third-order valence-corrected chi connectivity index (χ3v) is 3.08. The SMILES string of the molecule is Cc1cccc(CCCOC(=O)Cc2ccccc2F)n1. The Labute approximate surface area is 123 Å². The highest BCUT2D eigenvalue weighted by atomic mass is 19.1. The van der Waals surface area contributed by atoms with Crippen LogP contribution in [0.15, 0.2) is 42.5 Å². The summed E-state index contributed by atoms with van der Waals surface area (Å²) in [6.07, 6.45) is 1.43. The van der Waals surface area contributed by atoms with E-state index in [1.807, 2.05) is 25.1 Å². The fourth-order valence-electron chi connectivity index (χ4n) is 2.03. The van der Waals surface area contributed by atoms with Gasteiger partial charge in [0.2, 0.25) is 0 Å². The Morgan fingerprint density at radius 3 is 2.76 bits per heavy atom. The molecule has 4 heteroatoms. The Hall–Kier alpha value is -2.23. The monoisotopic (exact) mass is 287 g/mol. The summed E-state index contributed by atoms with van der Waals surface area (Å²) in [5, 5.41) is 0. The average molecular weight is 287 g/mol. The van der Waals surface area contributed by atoms with E-state index < -0.39 is 5.97 Å². The second-order valence-electron chi connectivity index (χ2n) is 4.86. The first-order valence-corrected chi connectivity index (χ1v) is 6.97. The molecule has 110 valence electrons. The van der Waals surface area contributed by atoms with Crippen molar-refractivity contribution in [1.29, 1.82) is 0 Å². The predicted octanol–water partition coefficient (Wildman–Crippen LogP) is 3.25. The van der Waals surface area contributed by atoms with E-state index in [0.717, 1.165) is 17.8 Å². The number of hydrogen-bond donors (Lipinski definition) is 0. The van der Waals surface area contributed by atoms with Crippen LogP contribution < -0.4 is 0 Å². The molecule has 0 aliphatic rings. The molecule has 0 amide bonds. The number of benzene rings is 1. The lowest BCUT2D eigenvalue weighted by molar-refractivity contribution is -0.142. The Balaban J connectivity index is 1.71. The summed E-state index contributed by atoms with van der Waals surface area (Å²) < 4.78 is 18.5.